The molecule has 0 aromatic heterocycles. The smallest absolute Gasteiger partial charge is 0.211 e. The summed E-state index contributed by atoms with van der Waals surface area (Å²) >= 11 is 11.7. The predicted molar refractivity (Wildman–Crippen MR) is 72.9 cm³/mol. The maximum atomic E-state index is 10.6. The van der Waals surface area contributed by atoms with Crippen LogP contribution in [0.3, 0.4) is 0 Å². The number of carbonyl (C=O) groups excluding carboxylic acids is 1. The SMILES string of the molecule is O=C=NC(c1ccc(Cl)cc1)c1ccc(Cl)cc1. The van der Waals surface area contributed by atoms with E-state index in [9.17, 15) is 4.79 Å². The number of benzene rings is 2. The first-order valence-corrected chi connectivity index (χ1v) is 6.04. The summed E-state index contributed by atoms with van der Waals surface area (Å²) in [5.41, 5.74) is 1.76. The van der Waals surface area contributed by atoms with Crippen molar-refractivity contribution in [3.8, 4) is 0 Å². The lowest BCUT2D eigenvalue weighted by Gasteiger charge is -2.11. The zero-order chi connectivity index (χ0) is 13.0. The molecule has 0 aliphatic heterocycles. The molecule has 4 heteroatoms. The molecule has 0 amide bonds. The molecule has 0 bridgehead atoms. The summed E-state index contributed by atoms with van der Waals surface area (Å²) in [6.45, 7) is 0. The molecule has 0 unspecified atom stereocenters. The van der Waals surface area contributed by atoms with Crippen molar-refractivity contribution in [3.05, 3.63) is 69.7 Å². The van der Waals surface area contributed by atoms with Gasteiger partial charge in [-0.05, 0) is 35.4 Å². The zero-order valence-corrected chi connectivity index (χ0v) is 10.8. The quantitative estimate of drug-likeness (QED) is 0.603. The van der Waals surface area contributed by atoms with Gasteiger partial charge < -0.3 is 0 Å². The zero-order valence-electron chi connectivity index (χ0n) is 9.31. The average molecular weight is 278 g/mol. The molecule has 0 aliphatic rings. The number of isocyanates is 1. The van der Waals surface area contributed by atoms with Gasteiger partial charge in [-0.25, -0.2) is 4.79 Å². The molecule has 0 saturated carbocycles. The van der Waals surface area contributed by atoms with E-state index >= 15 is 0 Å². The molecule has 0 aliphatic carbocycles. The van der Waals surface area contributed by atoms with E-state index in [0.29, 0.717) is 10.0 Å². The molecule has 2 aromatic rings. The molecule has 0 spiro atoms. The minimum Gasteiger partial charge on any atom is -0.211 e. The Morgan fingerprint density at radius 2 is 1.22 bits per heavy atom. The fourth-order valence-electron chi connectivity index (χ4n) is 1.68. The van der Waals surface area contributed by atoms with Crippen molar-refractivity contribution < 1.29 is 4.79 Å². The molecular weight excluding hydrogens is 269 g/mol. The van der Waals surface area contributed by atoms with Gasteiger partial charge in [-0.2, -0.15) is 4.99 Å². The summed E-state index contributed by atoms with van der Waals surface area (Å²) in [4.78, 5) is 14.4. The van der Waals surface area contributed by atoms with Gasteiger partial charge in [-0.3, -0.25) is 0 Å². The summed E-state index contributed by atoms with van der Waals surface area (Å²) < 4.78 is 0. The first-order valence-electron chi connectivity index (χ1n) is 5.28. The van der Waals surface area contributed by atoms with Gasteiger partial charge >= 0.3 is 0 Å². The first kappa shape index (κ1) is 12.8. The Morgan fingerprint density at radius 3 is 1.56 bits per heavy atom. The van der Waals surface area contributed by atoms with Crippen molar-refractivity contribution in [2.45, 2.75) is 6.04 Å². The van der Waals surface area contributed by atoms with E-state index in [1.54, 1.807) is 30.3 Å². The van der Waals surface area contributed by atoms with Crippen LogP contribution in [0.2, 0.25) is 10.0 Å². The molecular formula is C14H9Cl2NO. The second-order valence-corrected chi connectivity index (χ2v) is 4.60. The molecule has 2 rings (SSSR count). The van der Waals surface area contributed by atoms with E-state index < -0.39 is 0 Å². The van der Waals surface area contributed by atoms with E-state index in [0.717, 1.165) is 11.1 Å². The topological polar surface area (TPSA) is 29.4 Å². The lowest BCUT2D eigenvalue weighted by Crippen LogP contribution is -1.97. The molecule has 0 radical (unpaired) electrons. The van der Waals surface area contributed by atoms with Crippen LogP contribution in [0.4, 0.5) is 0 Å². The van der Waals surface area contributed by atoms with Gasteiger partial charge in [0.1, 0.15) is 6.04 Å². The maximum absolute atomic E-state index is 10.6. The highest BCUT2D eigenvalue weighted by molar-refractivity contribution is 6.30. The summed E-state index contributed by atoms with van der Waals surface area (Å²) in [6.07, 6.45) is 1.60. The van der Waals surface area contributed by atoms with Gasteiger partial charge in [0.15, 0.2) is 0 Å². The summed E-state index contributed by atoms with van der Waals surface area (Å²) in [6, 6.07) is 14.0. The highest BCUT2D eigenvalue weighted by atomic mass is 35.5. The Balaban J connectivity index is 2.42. The van der Waals surface area contributed by atoms with Crippen molar-refractivity contribution in [2.24, 2.45) is 4.99 Å². The van der Waals surface area contributed by atoms with Gasteiger partial charge in [0.2, 0.25) is 6.08 Å². The average Bonchev–Trinajstić information content (AvgIpc) is 2.39. The highest BCUT2D eigenvalue weighted by Gasteiger charge is 2.12. The van der Waals surface area contributed by atoms with Gasteiger partial charge in [0.05, 0.1) is 0 Å². The summed E-state index contributed by atoms with van der Waals surface area (Å²) in [7, 11) is 0. The third-order valence-corrected chi connectivity index (χ3v) is 3.06. The van der Waals surface area contributed by atoms with E-state index in [2.05, 4.69) is 4.99 Å². The Labute approximate surface area is 115 Å². The fraction of sp³-hybridized carbons (Fsp3) is 0.0714. The third kappa shape index (κ3) is 2.99. The number of hydrogen-bond acceptors (Lipinski definition) is 2. The van der Waals surface area contributed by atoms with Crippen LogP contribution >= 0.6 is 23.2 Å². The van der Waals surface area contributed by atoms with Crippen LogP contribution in [0.1, 0.15) is 17.2 Å². The minimum atomic E-state index is -0.378. The molecule has 0 fully saturated rings. The Hall–Kier alpha value is -1.60. The summed E-state index contributed by atoms with van der Waals surface area (Å²) in [5.74, 6) is 0. The normalized spacial score (nSPS) is 10.2. The number of halogens is 2. The Kier molecular flexibility index (Phi) is 4.16. The second-order valence-electron chi connectivity index (χ2n) is 3.73. The lowest BCUT2D eigenvalue weighted by atomic mass is 9.99. The first-order chi connectivity index (χ1) is 8.70. The van der Waals surface area contributed by atoms with Gasteiger partial charge in [0, 0.05) is 10.0 Å². The number of hydrogen-bond donors (Lipinski definition) is 0. The highest BCUT2D eigenvalue weighted by Crippen LogP contribution is 2.27. The van der Waals surface area contributed by atoms with Gasteiger partial charge in [0.25, 0.3) is 0 Å². The monoisotopic (exact) mass is 277 g/mol. The molecule has 2 nitrogen and oxygen atoms in total. The molecule has 2 aromatic carbocycles. The van der Waals surface area contributed by atoms with Gasteiger partial charge in [-0.15, -0.1) is 0 Å². The van der Waals surface area contributed by atoms with Crippen molar-refractivity contribution in [2.75, 3.05) is 0 Å². The second kappa shape index (κ2) is 5.83. The van der Waals surface area contributed by atoms with Crippen LogP contribution in [-0.4, -0.2) is 6.08 Å². The Morgan fingerprint density at radius 1 is 0.833 bits per heavy atom. The van der Waals surface area contributed by atoms with Gasteiger partial charge in [-0.1, -0.05) is 47.5 Å². The van der Waals surface area contributed by atoms with E-state index in [4.69, 9.17) is 23.2 Å². The molecule has 0 atom stereocenters. The lowest BCUT2D eigenvalue weighted by molar-refractivity contribution is 0.560. The largest absolute Gasteiger partial charge is 0.235 e. The number of nitrogens with zero attached hydrogens (tertiary/aromatic N) is 1. The van der Waals surface area contributed by atoms with Crippen LogP contribution in [0.5, 0.6) is 0 Å². The summed E-state index contributed by atoms with van der Waals surface area (Å²) in [5, 5.41) is 1.28. The standard InChI is InChI=1S/C14H9Cl2NO/c15-12-5-1-10(2-6-12)14(17-9-18)11-3-7-13(16)8-4-11/h1-8,14H. The molecule has 18 heavy (non-hydrogen) atoms. The number of aliphatic imine (C=N–C) groups is 1. The van der Waals surface area contributed by atoms with E-state index in [-0.39, 0.29) is 6.04 Å². The third-order valence-electron chi connectivity index (χ3n) is 2.55. The molecule has 90 valence electrons. The van der Waals surface area contributed by atoms with Crippen LogP contribution in [0.15, 0.2) is 53.5 Å². The molecule has 0 saturated heterocycles. The molecule has 0 N–H and O–H groups in total. The van der Waals surface area contributed by atoms with Crippen LogP contribution < -0.4 is 0 Å². The predicted octanol–water partition coefficient (Wildman–Crippen LogP) is 4.42. The van der Waals surface area contributed by atoms with Crippen molar-refractivity contribution in [1.29, 1.82) is 0 Å². The molecule has 0 heterocycles. The van der Waals surface area contributed by atoms with Crippen molar-refractivity contribution in [3.63, 3.8) is 0 Å². The van der Waals surface area contributed by atoms with Crippen molar-refractivity contribution >= 4 is 29.3 Å². The van der Waals surface area contributed by atoms with Crippen LogP contribution in [-0.2, 0) is 4.79 Å². The van der Waals surface area contributed by atoms with E-state index in [1.165, 1.54) is 0 Å². The fourth-order valence-corrected chi connectivity index (χ4v) is 1.94. The van der Waals surface area contributed by atoms with E-state index in [1.807, 2.05) is 24.3 Å². The number of rotatable bonds is 3. The van der Waals surface area contributed by atoms with Crippen LogP contribution in [0.25, 0.3) is 0 Å². The minimum absolute atomic E-state index is 0.378. The van der Waals surface area contributed by atoms with Crippen molar-refractivity contribution in [1.82, 2.24) is 0 Å². The van der Waals surface area contributed by atoms with Crippen LogP contribution in [0, 0.1) is 0 Å². The maximum Gasteiger partial charge on any atom is 0.235 e. The Bertz CT molecular complexity index is 526.